The molecule has 2 aromatic heterocycles. The van der Waals surface area contributed by atoms with E-state index in [2.05, 4.69) is 30.0 Å². The molecule has 0 radical (unpaired) electrons. The third-order valence-corrected chi connectivity index (χ3v) is 7.14. The van der Waals surface area contributed by atoms with E-state index in [1.165, 1.54) is 28.0 Å². The van der Waals surface area contributed by atoms with Gasteiger partial charge in [-0.15, -0.1) is 11.3 Å². The number of nitrogens with zero attached hydrogens (tertiary/aromatic N) is 2. The van der Waals surface area contributed by atoms with Crippen molar-refractivity contribution in [2.45, 2.75) is 63.0 Å². The Morgan fingerprint density at radius 1 is 1.31 bits per heavy atom. The SMILES string of the molecule is CN(C)C1CCC(Oc2nccc3sc4c(c23)[C@@H](CC(N)=O)CC4)CC1. The summed E-state index contributed by atoms with van der Waals surface area (Å²) < 4.78 is 7.61. The normalized spacial score (nSPS) is 25.6. The molecule has 1 amide bonds. The van der Waals surface area contributed by atoms with Crippen LogP contribution in [-0.2, 0) is 11.2 Å². The molecule has 2 heterocycles. The molecule has 2 aliphatic rings. The number of aromatic nitrogens is 1. The van der Waals surface area contributed by atoms with Gasteiger partial charge in [-0.1, -0.05) is 0 Å². The lowest BCUT2D eigenvalue weighted by atomic mass is 9.92. The molecule has 4 rings (SSSR count). The van der Waals surface area contributed by atoms with Crippen LogP contribution in [0.4, 0.5) is 0 Å². The molecule has 2 aliphatic carbocycles. The largest absolute Gasteiger partial charge is 0.474 e. The van der Waals surface area contributed by atoms with E-state index in [-0.39, 0.29) is 17.9 Å². The molecule has 2 N–H and O–H groups in total. The first-order valence-electron chi connectivity index (χ1n) is 9.54. The van der Waals surface area contributed by atoms with Crippen molar-refractivity contribution in [1.29, 1.82) is 0 Å². The summed E-state index contributed by atoms with van der Waals surface area (Å²) in [6, 6.07) is 2.72. The van der Waals surface area contributed by atoms with Crippen LogP contribution < -0.4 is 10.5 Å². The Balaban J connectivity index is 1.59. The minimum Gasteiger partial charge on any atom is -0.474 e. The number of rotatable bonds is 5. The molecule has 0 aliphatic heterocycles. The molecule has 0 bridgehead atoms. The van der Waals surface area contributed by atoms with Gasteiger partial charge in [0.15, 0.2) is 0 Å². The molecule has 0 spiro atoms. The Kier molecular flexibility index (Phi) is 4.88. The molecule has 1 saturated carbocycles. The molecule has 0 saturated heterocycles. The van der Waals surface area contributed by atoms with Crippen LogP contribution in [0.15, 0.2) is 12.3 Å². The molecule has 1 atom stereocenters. The summed E-state index contributed by atoms with van der Waals surface area (Å²) in [5.74, 6) is 0.743. The number of primary amides is 1. The first-order chi connectivity index (χ1) is 12.5. The van der Waals surface area contributed by atoms with Gasteiger partial charge in [-0.05, 0) is 70.2 Å². The number of fused-ring (bicyclic) bond motifs is 3. The Morgan fingerprint density at radius 2 is 2.08 bits per heavy atom. The molecule has 0 unspecified atom stereocenters. The topological polar surface area (TPSA) is 68.4 Å². The predicted octanol–water partition coefficient (Wildman–Crippen LogP) is 3.45. The van der Waals surface area contributed by atoms with Gasteiger partial charge in [-0.3, -0.25) is 4.79 Å². The summed E-state index contributed by atoms with van der Waals surface area (Å²) in [5, 5.41) is 1.13. The summed E-state index contributed by atoms with van der Waals surface area (Å²) in [6.07, 6.45) is 8.99. The number of aryl methyl sites for hydroxylation is 1. The number of hydrogen-bond acceptors (Lipinski definition) is 5. The summed E-state index contributed by atoms with van der Waals surface area (Å²) in [4.78, 5) is 19.8. The van der Waals surface area contributed by atoms with E-state index in [4.69, 9.17) is 10.5 Å². The third kappa shape index (κ3) is 3.32. The lowest BCUT2D eigenvalue weighted by Gasteiger charge is -2.32. The van der Waals surface area contributed by atoms with E-state index in [1.54, 1.807) is 0 Å². The Bertz CT molecular complexity index is 809. The van der Waals surface area contributed by atoms with E-state index in [1.807, 2.05) is 17.5 Å². The van der Waals surface area contributed by atoms with Crippen LogP contribution in [0.25, 0.3) is 10.1 Å². The fourth-order valence-corrected chi connectivity index (χ4v) is 5.82. The second-order valence-corrected chi connectivity index (χ2v) is 8.98. The smallest absolute Gasteiger partial charge is 0.222 e. The van der Waals surface area contributed by atoms with E-state index in [9.17, 15) is 4.79 Å². The number of amides is 1. The molecule has 26 heavy (non-hydrogen) atoms. The average Bonchev–Trinajstić information content (AvgIpc) is 3.15. The maximum absolute atomic E-state index is 11.5. The first kappa shape index (κ1) is 17.7. The van der Waals surface area contributed by atoms with Gasteiger partial charge < -0.3 is 15.4 Å². The zero-order chi connectivity index (χ0) is 18.3. The lowest BCUT2D eigenvalue weighted by molar-refractivity contribution is -0.118. The van der Waals surface area contributed by atoms with Gasteiger partial charge in [-0.2, -0.15) is 0 Å². The number of carbonyl (C=O) groups is 1. The minimum atomic E-state index is -0.226. The predicted molar refractivity (Wildman–Crippen MR) is 105 cm³/mol. The number of hydrogen-bond donors (Lipinski definition) is 1. The van der Waals surface area contributed by atoms with Crippen molar-refractivity contribution in [3.63, 3.8) is 0 Å². The summed E-state index contributed by atoms with van der Waals surface area (Å²) in [5.41, 5.74) is 6.75. The van der Waals surface area contributed by atoms with E-state index < -0.39 is 0 Å². The van der Waals surface area contributed by atoms with Crippen molar-refractivity contribution in [1.82, 2.24) is 9.88 Å². The Morgan fingerprint density at radius 3 is 2.77 bits per heavy atom. The van der Waals surface area contributed by atoms with Crippen LogP contribution in [0.2, 0.25) is 0 Å². The van der Waals surface area contributed by atoms with Crippen LogP contribution >= 0.6 is 11.3 Å². The average molecular weight is 374 g/mol. The third-order valence-electron chi connectivity index (χ3n) is 5.91. The molecule has 1 fully saturated rings. The van der Waals surface area contributed by atoms with Gasteiger partial charge in [0.2, 0.25) is 11.8 Å². The molecule has 5 nitrogen and oxygen atoms in total. The minimum absolute atomic E-state index is 0.215. The highest BCUT2D eigenvalue weighted by Crippen LogP contribution is 2.48. The molecule has 2 aromatic rings. The van der Waals surface area contributed by atoms with E-state index in [0.717, 1.165) is 36.9 Å². The quantitative estimate of drug-likeness (QED) is 0.871. The van der Waals surface area contributed by atoms with Crippen molar-refractivity contribution in [2.75, 3.05) is 14.1 Å². The van der Waals surface area contributed by atoms with Gasteiger partial charge in [0.25, 0.3) is 0 Å². The van der Waals surface area contributed by atoms with Crippen molar-refractivity contribution in [2.24, 2.45) is 5.73 Å². The second-order valence-electron chi connectivity index (χ2n) is 7.85. The van der Waals surface area contributed by atoms with Crippen molar-refractivity contribution < 1.29 is 9.53 Å². The van der Waals surface area contributed by atoms with Crippen molar-refractivity contribution in [3.8, 4) is 5.88 Å². The molecular formula is C20H27N3O2S. The highest BCUT2D eigenvalue weighted by Gasteiger charge is 2.31. The zero-order valence-electron chi connectivity index (χ0n) is 15.5. The fraction of sp³-hybridized carbons (Fsp3) is 0.600. The fourth-order valence-electron chi connectivity index (χ4n) is 4.53. The second kappa shape index (κ2) is 7.16. The van der Waals surface area contributed by atoms with Crippen LogP contribution in [0.5, 0.6) is 5.88 Å². The van der Waals surface area contributed by atoms with E-state index >= 15 is 0 Å². The zero-order valence-corrected chi connectivity index (χ0v) is 16.3. The summed E-state index contributed by atoms with van der Waals surface area (Å²) >= 11 is 1.82. The first-order valence-corrected chi connectivity index (χ1v) is 10.4. The maximum atomic E-state index is 11.5. The van der Waals surface area contributed by atoms with E-state index in [0.29, 0.717) is 12.5 Å². The maximum Gasteiger partial charge on any atom is 0.222 e. The Labute approximate surface area is 158 Å². The van der Waals surface area contributed by atoms with Gasteiger partial charge in [0, 0.05) is 28.2 Å². The molecule has 6 heteroatoms. The van der Waals surface area contributed by atoms with Gasteiger partial charge >= 0.3 is 0 Å². The molecule has 0 aromatic carbocycles. The summed E-state index contributed by atoms with van der Waals surface area (Å²) in [7, 11) is 4.31. The Hall–Kier alpha value is -1.66. The van der Waals surface area contributed by atoms with Crippen molar-refractivity contribution in [3.05, 3.63) is 22.7 Å². The molecular weight excluding hydrogens is 346 g/mol. The monoisotopic (exact) mass is 373 g/mol. The van der Waals surface area contributed by atoms with Gasteiger partial charge in [0.1, 0.15) is 6.10 Å². The highest BCUT2D eigenvalue weighted by molar-refractivity contribution is 7.19. The lowest BCUT2D eigenvalue weighted by Crippen LogP contribution is -2.35. The summed E-state index contributed by atoms with van der Waals surface area (Å²) in [6.45, 7) is 0. The van der Waals surface area contributed by atoms with Crippen molar-refractivity contribution >= 4 is 27.3 Å². The van der Waals surface area contributed by atoms with Gasteiger partial charge in [-0.25, -0.2) is 4.98 Å². The van der Waals surface area contributed by atoms with Crippen LogP contribution in [0.3, 0.4) is 0 Å². The number of ether oxygens (including phenoxy) is 1. The number of thiophene rings is 1. The van der Waals surface area contributed by atoms with Crippen LogP contribution in [0, 0.1) is 0 Å². The highest BCUT2D eigenvalue weighted by atomic mass is 32.1. The van der Waals surface area contributed by atoms with Gasteiger partial charge in [0.05, 0.1) is 5.39 Å². The number of carbonyl (C=O) groups excluding carboxylic acids is 1. The number of pyridine rings is 1. The molecule has 140 valence electrons. The van der Waals surface area contributed by atoms with Crippen LogP contribution in [0.1, 0.15) is 54.9 Å². The van der Waals surface area contributed by atoms with Crippen LogP contribution in [-0.4, -0.2) is 42.0 Å². The number of nitrogens with two attached hydrogens (primary N) is 1. The standard InChI is InChI=1S/C20H27N3O2S/c1-23(2)13-4-6-14(7-5-13)25-20-19-16(9-10-22-20)26-15-8-3-12(18(15)19)11-17(21)24/h9-10,12-14H,3-8,11H2,1-2H3,(H2,21,24)/t12-,13?,14?/m1/s1.